The maximum atomic E-state index is 3.71. The first kappa shape index (κ1) is 18.3. The first-order chi connectivity index (χ1) is 8.70. The van der Waals surface area contributed by atoms with Crippen LogP contribution in [0.25, 0.3) is 0 Å². The van der Waals surface area contributed by atoms with Gasteiger partial charge in [-0.3, -0.25) is 0 Å². The molecule has 1 atom stereocenters. The van der Waals surface area contributed by atoms with Gasteiger partial charge < -0.3 is 5.32 Å². The van der Waals surface area contributed by atoms with Crippen LogP contribution in [-0.4, -0.2) is 24.1 Å². The Morgan fingerprint density at radius 1 is 0.889 bits per heavy atom. The largest absolute Gasteiger partial charge is 0.313 e. The average molecular weight is 274 g/mol. The molecule has 0 aromatic rings. The van der Waals surface area contributed by atoms with Crippen LogP contribution >= 0.6 is 11.8 Å². The zero-order valence-corrected chi connectivity index (χ0v) is 14.0. The van der Waals surface area contributed by atoms with E-state index in [0.717, 1.165) is 12.0 Å². The van der Waals surface area contributed by atoms with E-state index in [-0.39, 0.29) is 0 Å². The summed E-state index contributed by atoms with van der Waals surface area (Å²) < 4.78 is 0. The first-order valence-corrected chi connectivity index (χ1v) is 9.17. The molecule has 1 unspecified atom stereocenters. The molecule has 0 amide bonds. The van der Waals surface area contributed by atoms with E-state index in [1.54, 1.807) is 0 Å². The van der Waals surface area contributed by atoms with E-state index < -0.39 is 0 Å². The van der Waals surface area contributed by atoms with Crippen LogP contribution in [0, 0.1) is 5.92 Å². The van der Waals surface area contributed by atoms with E-state index in [2.05, 4.69) is 44.8 Å². The molecule has 0 spiro atoms. The minimum atomic E-state index is 0.746. The molecular weight excluding hydrogens is 238 g/mol. The van der Waals surface area contributed by atoms with Gasteiger partial charge in [0.1, 0.15) is 0 Å². The van der Waals surface area contributed by atoms with E-state index in [1.807, 2.05) is 0 Å². The molecule has 0 bridgehead atoms. The molecule has 0 aliphatic rings. The van der Waals surface area contributed by atoms with Crippen molar-refractivity contribution in [1.82, 2.24) is 5.32 Å². The van der Waals surface area contributed by atoms with Crippen molar-refractivity contribution in [2.24, 2.45) is 5.92 Å². The number of nitrogens with one attached hydrogen (secondary N) is 1. The van der Waals surface area contributed by atoms with Crippen LogP contribution in [0.4, 0.5) is 0 Å². The molecule has 18 heavy (non-hydrogen) atoms. The first-order valence-electron chi connectivity index (χ1n) is 8.01. The van der Waals surface area contributed by atoms with Crippen LogP contribution < -0.4 is 5.32 Å². The van der Waals surface area contributed by atoms with Crippen molar-refractivity contribution in [3.8, 4) is 0 Å². The third kappa shape index (κ3) is 12.8. The van der Waals surface area contributed by atoms with Crippen molar-refractivity contribution < 1.29 is 0 Å². The van der Waals surface area contributed by atoms with Gasteiger partial charge in [0, 0.05) is 11.8 Å². The second-order valence-electron chi connectivity index (χ2n) is 5.79. The number of rotatable bonds is 13. The fourth-order valence-corrected chi connectivity index (χ4v) is 3.21. The molecule has 0 saturated carbocycles. The van der Waals surface area contributed by atoms with Gasteiger partial charge in [0.05, 0.1) is 0 Å². The Hall–Kier alpha value is 0.310. The van der Waals surface area contributed by atoms with Gasteiger partial charge in [-0.2, -0.15) is 11.8 Å². The van der Waals surface area contributed by atoms with Crippen LogP contribution in [0.3, 0.4) is 0 Å². The highest BCUT2D eigenvalue weighted by molar-refractivity contribution is 7.99. The maximum Gasteiger partial charge on any atom is 0.0158 e. The van der Waals surface area contributed by atoms with E-state index >= 15 is 0 Å². The van der Waals surface area contributed by atoms with E-state index in [9.17, 15) is 0 Å². The average Bonchev–Trinajstić information content (AvgIpc) is 2.34. The van der Waals surface area contributed by atoms with Gasteiger partial charge in [-0.1, -0.05) is 59.8 Å². The summed E-state index contributed by atoms with van der Waals surface area (Å²) >= 11 is 2.13. The summed E-state index contributed by atoms with van der Waals surface area (Å²) in [6.45, 7) is 10.3. The summed E-state index contributed by atoms with van der Waals surface area (Å²) in [5.74, 6) is 3.43. The van der Waals surface area contributed by atoms with Crippen molar-refractivity contribution in [2.45, 2.75) is 78.7 Å². The molecule has 0 fully saturated rings. The van der Waals surface area contributed by atoms with E-state index in [0.29, 0.717) is 0 Å². The Morgan fingerprint density at radius 2 is 1.61 bits per heavy atom. The standard InChI is InChI=1S/C16H35NS/c1-5-7-8-9-10-11-16(17-12-6-2)14-18-13-15(3)4/h15-17H,5-14H2,1-4H3. The number of thioether (sulfide) groups is 1. The van der Waals surface area contributed by atoms with Crippen LogP contribution in [0.1, 0.15) is 72.6 Å². The van der Waals surface area contributed by atoms with Crippen molar-refractivity contribution in [2.75, 3.05) is 18.1 Å². The van der Waals surface area contributed by atoms with Crippen molar-refractivity contribution in [3.63, 3.8) is 0 Å². The van der Waals surface area contributed by atoms with Crippen molar-refractivity contribution in [3.05, 3.63) is 0 Å². The highest BCUT2D eigenvalue weighted by atomic mass is 32.2. The third-order valence-corrected chi connectivity index (χ3v) is 4.65. The predicted molar refractivity (Wildman–Crippen MR) is 87.6 cm³/mol. The summed E-state index contributed by atoms with van der Waals surface area (Å²) in [4.78, 5) is 0. The number of hydrogen-bond acceptors (Lipinski definition) is 2. The van der Waals surface area contributed by atoms with Gasteiger partial charge in [0.2, 0.25) is 0 Å². The lowest BCUT2D eigenvalue weighted by atomic mass is 10.1. The molecule has 1 N–H and O–H groups in total. The van der Waals surface area contributed by atoms with Crippen LogP contribution in [0.2, 0.25) is 0 Å². The molecule has 0 saturated heterocycles. The Balaban J connectivity index is 3.62. The smallest absolute Gasteiger partial charge is 0.0158 e. The normalized spacial score (nSPS) is 13.2. The fraction of sp³-hybridized carbons (Fsp3) is 1.00. The molecule has 0 aromatic carbocycles. The van der Waals surface area contributed by atoms with Gasteiger partial charge >= 0.3 is 0 Å². The molecule has 0 heterocycles. The van der Waals surface area contributed by atoms with Gasteiger partial charge in [0.15, 0.2) is 0 Å². The molecule has 110 valence electrons. The number of unbranched alkanes of at least 4 members (excludes halogenated alkanes) is 4. The second kappa shape index (κ2) is 13.7. The molecule has 2 heteroatoms. The zero-order chi connectivity index (χ0) is 13.6. The Labute approximate surface area is 120 Å². The summed E-state index contributed by atoms with van der Waals surface area (Å²) in [5.41, 5.74) is 0. The molecule has 0 radical (unpaired) electrons. The summed E-state index contributed by atoms with van der Waals surface area (Å²) in [6.07, 6.45) is 9.64. The highest BCUT2D eigenvalue weighted by Crippen LogP contribution is 2.14. The summed E-state index contributed by atoms with van der Waals surface area (Å²) in [7, 11) is 0. The monoisotopic (exact) mass is 273 g/mol. The lowest BCUT2D eigenvalue weighted by molar-refractivity contribution is 0.485. The van der Waals surface area contributed by atoms with Crippen LogP contribution in [0.5, 0.6) is 0 Å². The van der Waals surface area contributed by atoms with Gasteiger partial charge in [-0.25, -0.2) is 0 Å². The van der Waals surface area contributed by atoms with Crippen LogP contribution in [-0.2, 0) is 0 Å². The predicted octanol–water partition coefficient (Wildman–Crippen LogP) is 5.10. The highest BCUT2D eigenvalue weighted by Gasteiger charge is 2.08. The molecule has 1 nitrogen and oxygen atoms in total. The molecule has 0 aliphatic heterocycles. The second-order valence-corrected chi connectivity index (χ2v) is 6.86. The fourth-order valence-electron chi connectivity index (χ4n) is 2.03. The van der Waals surface area contributed by atoms with Gasteiger partial charge in [-0.15, -0.1) is 0 Å². The minimum absolute atomic E-state index is 0.746. The lowest BCUT2D eigenvalue weighted by Crippen LogP contribution is -2.32. The summed E-state index contributed by atoms with van der Waals surface area (Å²) in [5, 5.41) is 3.71. The molecule has 0 aromatic heterocycles. The minimum Gasteiger partial charge on any atom is -0.313 e. The number of hydrogen-bond donors (Lipinski definition) is 1. The van der Waals surface area contributed by atoms with Crippen molar-refractivity contribution >= 4 is 11.8 Å². The Morgan fingerprint density at radius 3 is 2.22 bits per heavy atom. The van der Waals surface area contributed by atoms with Gasteiger partial charge in [0.25, 0.3) is 0 Å². The zero-order valence-electron chi connectivity index (χ0n) is 13.1. The maximum absolute atomic E-state index is 3.71. The molecule has 0 aliphatic carbocycles. The SMILES string of the molecule is CCCCCCCC(CSCC(C)C)NCCC. The van der Waals surface area contributed by atoms with E-state index in [4.69, 9.17) is 0 Å². The molecular formula is C16H35NS. The quantitative estimate of drug-likeness (QED) is 0.468. The van der Waals surface area contributed by atoms with Gasteiger partial charge in [-0.05, 0) is 31.1 Å². The Bertz CT molecular complexity index is 159. The third-order valence-electron chi connectivity index (χ3n) is 3.11. The van der Waals surface area contributed by atoms with Crippen LogP contribution in [0.15, 0.2) is 0 Å². The lowest BCUT2D eigenvalue weighted by Gasteiger charge is -2.18. The molecule has 0 rings (SSSR count). The van der Waals surface area contributed by atoms with Crippen molar-refractivity contribution in [1.29, 1.82) is 0 Å². The summed E-state index contributed by atoms with van der Waals surface area (Å²) in [6, 6.07) is 0.746. The van der Waals surface area contributed by atoms with E-state index in [1.165, 1.54) is 63.0 Å². The topological polar surface area (TPSA) is 12.0 Å². The Kier molecular flexibility index (Phi) is 14.0.